The SMILES string of the molecule is Cc1ccc(F)c(N2CCCC(NC(=O)c3n[nH]c4ccc([N+](=O)[O-])cc34)C2)c1. The average molecular weight is 397 g/mol. The number of rotatable bonds is 4. The summed E-state index contributed by atoms with van der Waals surface area (Å²) in [5.41, 5.74) is 2.06. The summed E-state index contributed by atoms with van der Waals surface area (Å²) in [6, 6.07) is 9.03. The molecule has 0 spiro atoms. The van der Waals surface area contributed by atoms with Gasteiger partial charge < -0.3 is 10.2 Å². The van der Waals surface area contributed by atoms with Crippen molar-refractivity contribution in [3.8, 4) is 0 Å². The van der Waals surface area contributed by atoms with Crippen LogP contribution in [0.4, 0.5) is 15.8 Å². The van der Waals surface area contributed by atoms with E-state index in [4.69, 9.17) is 0 Å². The Hall–Kier alpha value is -3.49. The van der Waals surface area contributed by atoms with Crippen LogP contribution in [-0.4, -0.2) is 40.2 Å². The van der Waals surface area contributed by atoms with E-state index in [9.17, 15) is 19.3 Å². The molecule has 2 N–H and O–H groups in total. The Morgan fingerprint density at radius 3 is 2.97 bits per heavy atom. The van der Waals surface area contributed by atoms with Crippen molar-refractivity contribution in [1.29, 1.82) is 0 Å². The number of carbonyl (C=O) groups is 1. The Labute approximate surface area is 165 Å². The van der Waals surface area contributed by atoms with E-state index in [0.717, 1.165) is 18.4 Å². The molecule has 8 nitrogen and oxygen atoms in total. The summed E-state index contributed by atoms with van der Waals surface area (Å²) in [4.78, 5) is 25.2. The largest absolute Gasteiger partial charge is 0.367 e. The maximum atomic E-state index is 14.2. The number of nitrogens with one attached hydrogen (secondary N) is 2. The molecule has 0 aliphatic carbocycles. The number of hydrogen-bond donors (Lipinski definition) is 2. The molecule has 1 saturated heterocycles. The van der Waals surface area contributed by atoms with Crippen LogP contribution in [-0.2, 0) is 0 Å². The molecule has 3 aromatic rings. The molecule has 2 heterocycles. The minimum Gasteiger partial charge on any atom is -0.367 e. The molecule has 150 valence electrons. The second-order valence-electron chi connectivity index (χ2n) is 7.27. The number of nitro groups is 1. The Kier molecular flexibility index (Phi) is 4.87. The van der Waals surface area contributed by atoms with Crippen LogP contribution >= 0.6 is 0 Å². The molecular formula is C20H20FN5O3. The normalized spacial score (nSPS) is 16.8. The molecule has 1 fully saturated rings. The van der Waals surface area contributed by atoms with Crippen molar-refractivity contribution in [2.75, 3.05) is 18.0 Å². The van der Waals surface area contributed by atoms with Gasteiger partial charge in [-0.2, -0.15) is 5.10 Å². The zero-order chi connectivity index (χ0) is 20.5. The van der Waals surface area contributed by atoms with Crippen molar-refractivity contribution >= 4 is 28.2 Å². The van der Waals surface area contributed by atoms with Gasteiger partial charge in [-0.25, -0.2) is 4.39 Å². The van der Waals surface area contributed by atoms with Crippen LogP contribution in [0.5, 0.6) is 0 Å². The van der Waals surface area contributed by atoms with Crippen molar-refractivity contribution in [3.05, 3.63) is 63.6 Å². The maximum Gasteiger partial charge on any atom is 0.272 e. The molecule has 1 atom stereocenters. The minimum atomic E-state index is -0.510. The summed E-state index contributed by atoms with van der Waals surface area (Å²) in [7, 11) is 0. The Bertz CT molecular complexity index is 1100. The summed E-state index contributed by atoms with van der Waals surface area (Å²) in [5, 5.41) is 21.1. The molecule has 0 bridgehead atoms. The van der Waals surface area contributed by atoms with E-state index in [1.807, 2.05) is 11.8 Å². The minimum absolute atomic E-state index is 0.105. The smallest absolute Gasteiger partial charge is 0.272 e. The van der Waals surface area contributed by atoms with Gasteiger partial charge in [-0.1, -0.05) is 6.07 Å². The Balaban J connectivity index is 1.52. The van der Waals surface area contributed by atoms with Crippen LogP contribution in [0.1, 0.15) is 28.9 Å². The number of H-pyrrole nitrogens is 1. The predicted octanol–water partition coefficient (Wildman–Crippen LogP) is 3.32. The van der Waals surface area contributed by atoms with Crippen LogP contribution in [0.3, 0.4) is 0 Å². The zero-order valence-corrected chi connectivity index (χ0v) is 15.8. The second kappa shape index (κ2) is 7.50. The molecule has 1 aliphatic rings. The van der Waals surface area contributed by atoms with E-state index in [0.29, 0.717) is 29.7 Å². The molecule has 1 amide bonds. The fourth-order valence-electron chi connectivity index (χ4n) is 3.72. The van der Waals surface area contributed by atoms with Gasteiger partial charge in [0.15, 0.2) is 5.69 Å². The van der Waals surface area contributed by atoms with Crippen molar-refractivity contribution < 1.29 is 14.1 Å². The summed E-state index contributed by atoms with van der Waals surface area (Å²) in [6.45, 7) is 3.10. The first-order valence-corrected chi connectivity index (χ1v) is 9.37. The van der Waals surface area contributed by atoms with Crippen molar-refractivity contribution in [1.82, 2.24) is 15.5 Å². The fraction of sp³-hybridized carbons (Fsp3) is 0.300. The van der Waals surface area contributed by atoms with Crippen LogP contribution < -0.4 is 10.2 Å². The third-order valence-corrected chi connectivity index (χ3v) is 5.17. The molecule has 1 aliphatic heterocycles. The molecule has 4 rings (SSSR count). The Morgan fingerprint density at radius 1 is 1.34 bits per heavy atom. The zero-order valence-electron chi connectivity index (χ0n) is 15.8. The Morgan fingerprint density at radius 2 is 2.17 bits per heavy atom. The standard InChI is InChI=1S/C20H20FN5O3/c1-12-4-6-16(21)18(9-12)25-8-2-3-13(11-25)22-20(27)19-15-10-14(26(28)29)5-7-17(15)23-24-19/h4-7,9-10,13H,2-3,8,11H2,1H3,(H,22,27)(H,23,24). The molecule has 1 aromatic heterocycles. The number of aryl methyl sites for hydroxylation is 1. The van der Waals surface area contributed by atoms with Crippen molar-refractivity contribution in [2.45, 2.75) is 25.8 Å². The highest BCUT2D eigenvalue weighted by molar-refractivity contribution is 6.05. The summed E-state index contributed by atoms with van der Waals surface area (Å²) < 4.78 is 14.2. The molecule has 29 heavy (non-hydrogen) atoms. The van der Waals surface area contributed by atoms with E-state index in [1.54, 1.807) is 12.1 Å². The van der Waals surface area contributed by atoms with Crippen LogP contribution in [0.25, 0.3) is 10.9 Å². The van der Waals surface area contributed by atoms with E-state index in [-0.39, 0.29) is 23.2 Å². The first kappa shape index (κ1) is 18.9. The number of anilines is 1. The van der Waals surface area contributed by atoms with Crippen LogP contribution in [0.2, 0.25) is 0 Å². The third kappa shape index (κ3) is 3.75. The van der Waals surface area contributed by atoms with E-state index in [2.05, 4.69) is 15.5 Å². The molecule has 0 saturated carbocycles. The first-order chi connectivity index (χ1) is 13.9. The molecule has 2 aromatic carbocycles. The number of carbonyl (C=O) groups excluding carboxylic acids is 1. The maximum absolute atomic E-state index is 14.2. The molecule has 1 unspecified atom stereocenters. The number of halogens is 1. The predicted molar refractivity (Wildman–Crippen MR) is 107 cm³/mol. The number of aromatic amines is 1. The van der Waals surface area contributed by atoms with Gasteiger partial charge in [0, 0.05) is 36.7 Å². The number of nitrogens with zero attached hydrogens (tertiary/aromatic N) is 3. The summed E-state index contributed by atoms with van der Waals surface area (Å²) in [6.07, 6.45) is 1.57. The lowest BCUT2D eigenvalue weighted by Gasteiger charge is -2.35. The topological polar surface area (TPSA) is 104 Å². The number of non-ortho nitro benzene ring substituents is 1. The lowest BCUT2D eigenvalue weighted by Crippen LogP contribution is -2.48. The van der Waals surface area contributed by atoms with Gasteiger partial charge in [0.25, 0.3) is 11.6 Å². The van der Waals surface area contributed by atoms with E-state index >= 15 is 0 Å². The van der Waals surface area contributed by atoms with Gasteiger partial charge in [0.2, 0.25) is 0 Å². The summed E-state index contributed by atoms with van der Waals surface area (Å²) in [5.74, 6) is -0.693. The second-order valence-corrected chi connectivity index (χ2v) is 7.27. The number of benzene rings is 2. The summed E-state index contributed by atoms with van der Waals surface area (Å²) >= 11 is 0. The monoisotopic (exact) mass is 397 g/mol. The fourth-order valence-corrected chi connectivity index (χ4v) is 3.72. The lowest BCUT2D eigenvalue weighted by atomic mass is 10.0. The molecule has 9 heteroatoms. The highest BCUT2D eigenvalue weighted by Crippen LogP contribution is 2.25. The number of fused-ring (bicyclic) bond motifs is 1. The van der Waals surface area contributed by atoms with Crippen molar-refractivity contribution in [2.24, 2.45) is 0 Å². The highest BCUT2D eigenvalue weighted by Gasteiger charge is 2.25. The number of piperidine rings is 1. The number of nitro benzene ring substituents is 1. The molecular weight excluding hydrogens is 377 g/mol. The average Bonchev–Trinajstić information content (AvgIpc) is 3.13. The van der Waals surface area contributed by atoms with Gasteiger partial charge in [0.05, 0.1) is 16.1 Å². The van der Waals surface area contributed by atoms with Crippen molar-refractivity contribution in [3.63, 3.8) is 0 Å². The van der Waals surface area contributed by atoms with Gasteiger partial charge in [0.1, 0.15) is 5.82 Å². The van der Waals surface area contributed by atoms with E-state index in [1.165, 1.54) is 24.3 Å². The number of hydrogen-bond acceptors (Lipinski definition) is 5. The first-order valence-electron chi connectivity index (χ1n) is 9.37. The molecule has 0 radical (unpaired) electrons. The number of aromatic nitrogens is 2. The van der Waals surface area contributed by atoms with Gasteiger partial charge >= 0.3 is 0 Å². The van der Waals surface area contributed by atoms with Gasteiger partial charge in [-0.05, 0) is 43.5 Å². The lowest BCUT2D eigenvalue weighted by molar-refractivity contribution is -0.384. The van der Waals surface area contributed by atoms with Gasteiger partial charge in [-0.15, -0.1) is 0 Å². The highest BCUT2D eigenvalue weighted by atomic mass is 19.1. The van der Waals surface area contributed by atoms with E-state index < -0.39 is 10.8 Å². The van der Waals surface area contributed by atoms with Crippen LogP contribution in [0.15, 0.2) is 36.4 Å². The van der Waals surface area contributed by atoms with Crippen LogP contribution in [0, 0.1) is 22.9 Å². The number of amides is 1. The van der Waals surface area contributed by atoms with Gasteiger partial charge in [-0.3, -0.25) is 20.0 Å². The quantitative estimate of drug-likeness (QED) is 0.519. The third-order valence-electron chi connectivity index (χ3n) is 5.17.